The molecular weight excluding hydrogens is 292 g/mol. The lowest BCUT2D eigenvalue weighted by atomic mass is 10.2. The van der Waals surface area contributed by atoms with Gasteiger partial charge in [0, 0.05) is 19.1 Å². The van der Waals surface area contributed by atoms with Crippen LogP contribution in [0.25, 0.3) is 0 Å². The minimum absolute atomic E-state index is 0.0940. The van der Waals surface area contributed by atoms with Crippen molar-refractivity contribution in [3.05, 3.63) is 23.8 Å². The second-order valence-electron chi connectivity index (χ2n) is 5.06. The van der Waals surface area contributed by atoms with Gasteiger partial charge in [-0.15, -0.1) is 0 Å². The fourth-order valence-electron chi connectivity index (χ4n) is 1.94. The summed E-state index contributed by atoms with van der Waals surface area (Å²) in [5.41, 5.74) is 0.825. The molecule has 1 fully saturated rings. The number of rotatable bonds is 9. The summed E-state index contributed by atoms with van der Waals surface area (Å²) in [6, 6.07) is 5.86. The third-order valence-electron chi connectivity index (χ3n) is 3.33. The summed E-state index contributed by atoms with van der Waals surface area (Å²) in [7, 11) is -0.154. The monoisotopic (exact) mass is 314 g/mol. The van der Waals surface area contributed by atoms with Gasteiger partial charge < -0.3 is 14.8 Å². The van der Waals surface area contributed by atoms with Gasteiger partial charge in [-0.2, -0.15) is 0 Å². The van der Waals surface area contributed by atoms with Gasteiger partial charge >= 0.3 is 0 Å². The van der Waals surface area contributed by atoms with Gasteiger partial charge in [0.25, 0.3) is 0 Å². The van der Waals surface area contributed by atoms with Crippen LogP contribution in [-0.4, -0.2) is 41.0 Å². The summed E-state index contributed by atoms with van der Waals surface area (Å²) in [5, 5.41) is 3.19. The van der Waals surface area contributed by atoms with Crippen LogP contribution in [0.5, 0.6) is 11.5 Å². The molecule has 0 radical (unpaired) electrons. The van der Waals surface area contributed by atoms with E-state index < -0.39 is 10.0 Å². The zero-order valence-electron chi connectivity index (χ0n) is 12.4. The third-order valence-corrected chi connectivity index (χ3v) is 4.65. The normalized spacial score (nSPS) is 15.0. The number of methoxy groups -OCH3 is 2. The SMILES string of the molecule is COc1ccc(CNS(=O)(=O)CCNC2CC2)cc1OC. The molecule has 0 spiro atoms. The molecule has 2 N–H and O–H groups in total. The maximum Gasteiger partial charge on any atom is 0.213 e. The molecule has 0 unspecified atom stereocenters. The molecule has 0 aliphatic heterocycles. The van der Waals surface area contributed by atoms with Crippen molar-refractivity contribution >= 4 is 10.0 Å². The Morgan fingerprint density at radius 2 is 1.90 bits per heavy atom. The molecule has 0 heterocycles. The first-order valence-corrected chi connectivity index (χ1v) is 8.61. The van der Waals surface area contributed by atoms with Crippen LogP contribution >= 0.6 is 0 Å². The highest BCUT2D eigenvalue weighted by Crippen LogP contribution is 2.27. The van der Waals surface area contributed by atoms with Crippen LogP contribution in [0.1, 0.15) is 18.4 Å². The van der Waals surface area contributed by atoms with Crippen LogP contribution in [0.2, 0.25) is 0 Å². The first-order valence-electron chi connectivity index (χ1n) is 6.95. The third kappa shape index (κ3) is 5.18. The van der Waals surface area contributed by atoms with Crippen molar-refractivity contribution < 1.29 is 17.9 Å². The van der Waals surface area contributed by atoms with E-state index in [0.717, 1.165) is 18.4 Å². The Hall–Kier alpha value is -1.31. The van der Waals surface area contributed by atoms with Gasteiger partial charge in [0.05, 0.1) is 20.0 Å². The molecule has 0 saturated heterocycles. The molecule has 0 amide bonds. The van der Waals surface area contributed by atoms with Crippen molar-refractivity contribution in [2.24, 2.45) is 0 Å². The summed E-state index contributed by atoms with van der Waals surface area (Å²) < 4.78 is 36.7. The Balaban J connectivity index is 1.85. The lowest BCUT2D eigenvalue weighted by molar-refractivity contribution is 0.354. The van der Waals surface area contributed by atoms with Crippen molar-refractivity contribution in [1.82, 2.24) is 10.0 Å². The average Bonchev–Trinajstić information content (AvgIpc) is 3.29. The second-order valence-corrected chi connectivity index (χ2v) is 6.98. The van der Waals surface area contributed by atoms with Gasteiger partial charge in [-0.3, -0.25) is 0 Å². The number of sulfonamides is 1. The largest absolute Gasteiger partial charge is 0.493 e. The van der Waals surface area contributed by atoms with Gasteiger partial charge in [-0.1, -0.05) is 6.07 Å². The number of nitrogens with one attached hydrogen (secondary N) is 2. The first kappa shape index (κ1) is 16.1. The van der Waals surface area contributed by atoms with Gasteiger partial charge in [0.2, 0.25) is 10.0 Å². The topological polar surface area (TPSA) is 76.7 Å². The average molecular weight is 314 g/mol. The van der Waals surface area contributed by atoms with Gasteiger partial charge in [-0.05, 0) is 30.5 Å². The molecule has 7 heteroatoms. The van der Waals surface area contributed by atoms with Crippen molar-refractivity contribution in [3.63, 3.8) is 0 Å². The number of benzene rings is 1. The van der Waals surface area contributed by atoms with Crippen LogP contribution in [0.15, 0.2) is 18.2 Å². The minimum Gasteiger partial charge on any atom is -0.493 e. The summed E-state index contributed by atoms with van der Waals surface area (Å²) >= 11 is 0. The van der Waals surface area contributed by atoms with Crippen molar-refractivity contribution in [3.8, 4) is 11.5 Å². The van der Waals surface area contributed by atoms with Crippen LogP contribution in [0.4, 0.5) is 0 Å². The molecule has 118 valence electrons. The molecule has 6 nitrogen and oxygen atoms in total. The molecule has 0 aromatic heterocycles. The number of ether oxygens (including phenoxy) is 2. The molecule has 2 rings (SSSR count). The smallest absolute Gasteiger partial charge is 0.213 e. The van der Waals surface area contributed by atoms with E-state index in [1.165, 1.54) is 0 Å². The van der Waals surface area contributed by atoms with Gasteiger partial charge in [0.1, 0.15) is 0 Å². The highest BCUT2D eigenvalue weighted by molar-refractivity contribution is 7.89. The summed E-state index contributed by atoms with van der Waals surface area (Å²) in [6.07, 6.45) is 2.30. The molecule has 0 atom stereocenters. The highest BCUT2D eigenvalue weighted by Gasteiger charge is 2.21. The molecule has 21 heavy (non-hydrogen) atoms. The van der Waals surface area contributed by atoms with Crippen LogP contribution in [0.3, 0.4) is 0 Å². The molecule has 0 bridgehead atoms. The van der Waals surface area contributed by atoms with E-state index in [2.05, 4.69) is 10.0 Å². The maximum absolute atomic E-state index is 11.9. The van der Waals surface area contributed by atoms with E-state index in [0.29, 0.717) is 24.1 Å². The quantitative estimate of drug-likeness (QED) is 0.707. The van der Waals surface area contributed by atoms with E-state index >= 15 is 0 Å². The van der Waals surface area contributed by atoms with Crippen molar-refractivity contribution in [2.45, 2.75) is 25.4 Å². The molecule has 1 aromatic carbocycles. The van der Waals surface area contributed by atoms with E-state index in [1.807, 2.05) is 6.07 Å². The van der Waals surface area contributed by atoms with E-state index in [9.17, 15) is 8.42 Å². The fraction of sp³-hybridized carbons (Fsp3) is 0.571. The Bertz CT molecular complexity index is 570. The maximum atomic E-state index is 11.9. The molecule has 1 saturated carbocycles. The van der Waals surface area contributed by atoms with Crippen LogP contribution in [-0.2, 0) is 16.6 Å². The lowest BCUT2D eigenvalue weighted by Gasteiger charge is -2.11. The van der Waals surface area contributed by atoms with Crippen molar-refractivity contribution in [2.75, 3.05) is 26.5 Å². The summed E-state index contributed by atoms with van der Waals surface area (Å²) in [5.74, 6) is 1.30. The summed E-state index contributed by atoms with van der Waals surface area (Å²) in [4.78, 5) is 0. The number of hydrogen-bond acceptors (Lipinski definition) is 5. The number of hydrogen-bond donors (Lipinski definition) is 2. The standard InChI is InChI=1S/C14H22N2O4S/c1-19-13-6-3-11(9-14(13)20-2)10-16-21(17,18)8-7-15-12-4-5-12/h3,6,9,12,15-16H,4-5,7-8,10H2,1-2H3. The predicted molar refractivity (Wildman–Crippen MR) is 81.2 cm³/mol. The van der Waals surface area contributed by atoms with E-state index in [1.54, 1.807) is 26.4 Å². The predicted octanol–water partition coefficient (Wildman–Crippen LogP) is 0.875. The van der Waals surface area contributed by atoms with Crippen LogP contribution < -0.4 is 19.5 Å². The zero-order valence-corrected chi connectivity index (χ0v) is 13.2. The molecule has 1 aromatic rings. The zero-order chi connectivity index (χ0) is 15.3. The van der Waals surface area contributed by atoms with Gasteiger partial charge in [0.15, 0.2) is 11.5 Å². The lowest BCUT2D eigenvalue weighted by Crippen LogP contribution is -2.32. The Morgan fingerprint density at radius 1 is 1.19 bits per heavy atom. The second kappa shape index (κ2) is 7.11. The van der Waals surface area contributed by atoms with Crippen molar-refractivity contribution in [1.29, 1.82) is 0 Å². The highest BCUT2D eigenvalue weighted by atomic mass is 32.2. The Labute approximate surface area is 125 Å². The minimum atomic E-state index is -3.27. The Kier molecular flexibility index (Phi) is 5.44. The molecular formula is C14H22N2O4S. The molecule has 1 aliphatic rings. The van der Waals surface area contributed by atoms with Crippen LogP contribution in [0, 0.1) is 0 Å². The first-order chi connectivity index (χ1) is 10.0. The fourth-order valence-corrected chi connectivity index (χ4v) is 2.86. The van der Waals surface area contributed by atoms with E-state index in [-0.39, 0.29) is 12.3 Å². The van der Waals surface area contributed by atoms with Gasteiger partial charge in [-0.25, -0.2) is 13.1 Å². The summed E-state index contributed by atoms with van der Waals surface area (Å²) in [6.45, 7) is 0.734. The molecule has 1 aliphatic carbocycles. The Morgan fingerprint density at radius 3 is 2.52 bits per heavy atom. The van der Waals surface area contributed by atoms with E-state index in [4.69, 9.17) is 9.47 Å².